The van der Waals surface area contributed by atoms with Crippen LogP contribution in [-0.4, -0.2) is 9.55 Å². The number of fused-ring (bicyclic) bond motifs is 1. The zero-order valence-corrected chi connectivity index (χ0v) is 14.4. The van der Waals surface area contributed by atoms with Crippen molar-refractivity contribution < 1.29 is 4.39 Å². The molecule has 3 aromatic carbocycles. The van der Waals surface area contributed by atoms with Crippen LogP contribution in [0.2, 0.25) is 5.02 Å². The standard InChI is InChI=1S/C21H14ClFN2O/c22-18-7-3-1-5-16(18)20-24-19-8-4-2-6-17(19)21(26)25(20)13-14-9-11-15(23)12-10-14/h1-12H,13H2. The first-order valence-corrected chi connectivity index (χ1v) is 8.50. The van der Waals surface area contributed by atoms with Crippen LogP contribution in [0.25, 0.3) is 22.3 Å². The van der Waals surface area contributed by atoms with Crippen molar-refractivity contribution in [3.8, 4) is 11.4 Å². The second kappa shape index (κ2) is 6.73. The largest absolute Gasteiger partial charge is 0.288 e. The van der Waals surface area contributed by atoms with Crippen molar-refractivity contribution in [1.82, 2.24) is 9.55 Å². The summed E-state index contributed by atoms with van der Waals surface area (Å²) in [6, 6.07) is 20.6. The van der Waals surface area contributed by atoms with Crippen molar-refractivity contribution in [2.24, 2.45) is 0 Å². The number of rotatable bonds is 3. The van der Waals surface area contributed by atoms with Crippen LogP contribution in [0.4, 0.5) is 4.39 Å². The van der Waals surface area contributed by atoms with Crippen molar-refractivity contribution in [2.75, 3.05) is 0 Å². The number of para-hydroxylation sites is 1. The van der Waals surface area contributed by atoms with E-state index in [4.69, 9.17) is 11.6 Å². The zero-order valence-electron chi connectivity index (χ0n) is 13.7. The predicted molar refractivity (Wildman–Crippen MR) is 102 cm³/mol. The summed E-state index contributed by atoms with van der Waals surface area (Å²) in [5, 5.41) is 1.05. The Hall–Kier alpha value is -2.98. The molecule has 0 atom stereocenters. The fourth-order valence-electron chi connectivity index (χ4n) is 2.94. The second-order valence-electron chi connectivity index (χ2n) is 5.95. The number of benzene rings is 3. The first kappa shape index (κ1) is 16.5. The minimum absolute atomic E-state index is 0.158. The highest BCUT2D eigenvalue weighted by Gasteiger charge is 2.15. The number of aromatic nitrogens is 2. The van der Waals surface area contributed by atoms with Crippen LogP contribution in [0.15, 0.2) is 77.6 Å². The van der Waals surface area contributed by atoms with E-state index < -0.39 is 0 Å². The molecule has 0 spiro atoms. The van der Waals surface area contributed by atoms with Crippen LogP contribution in [-0.2, 0) is 6.54 Å². The third kappa shape index (κ3) is 3.00. The lowest BCUT2D eigenvalue weighted by molar-refractivity contribution is 0.626. The molecule has 0 fully saturated rings. The smallest absolute Gasteiger partial charge is 0.261 e. The molecule has 26 heavy (non-hydrogen) atoms. The van der Waals surface area contributed by atoms with E-state index in [0.29, 0.717) is 27.3 Å². The van der Waals surface area contributed by atoms with Crippen LogP contribution < -0.4 is 5.56 Å². The lowest BCUT2D eigenvalue weighted by Gasteiger charge is -2.15. The Balaban J connectivity index is 1.98. The molecule has 0 saturated heterocycles. The van der Waals surface area contributed by atoms with Crippen LogP contribution in [0.5, 0.6) is 0 Å². The van der Waals surface area contributed by atoms with E-state index in [-0.39, 0.29) is 17.9 Å². The van der Waals surface area contributed by atoms with Gasteiger partial charge in [-0.05, 0) is 42.0 Å². The monoisotopic (exact) mass is 364 g/mol. The Labute approximate surface area is 154 Å². The molecule has 1 aromatic heterocycles. The maximum absolute atomic E-state index is 13.2. The summed E-state index contributed by atoms with van der Waals surface area (Å²) in [5.41, 5.74) is 1.94. The molecule has 4 aromatic rings. The minimum atomic E-state index is -0.316. The molecule has 0 aliphatic heterocycles. The lowest BCUT2D eigenvalue weighted by atomic mass is 10.1. The third-order valence-electron chi connectivity index (χ3n) is 4.23. The van der Waals surface area contributed by atoms with Crippen LogP contribution in [0.3, 0.4) is 0 Å². The van der Waals surface area contributed by atoms with Gasteiger partial charge in [0.15, 0.2) is 0 Å². The number of hydrogen-bond acceptors (Lipinski definition) is 2. The summed E-state index contributed by atoms with van der Waals surface area (Å²) in [4.78, 5) is 17.8. The Morgan fingerprint density at radius 3 is 2.38 bits per heavy atom. The topological polar surface area (TPSA) is 34.9 Å². The van der Waals surface area contributed by atoms with Crippen LogP contribution >= 0.6 is 11.6 Å². The Morgan fingerprint density at radius 1 is 0.923 bits per heavy atom. The van der Waals surface area contributed by atoms with Gasteiger partial charge in [0.25, 0.3) is 5.56 Å². The number of hydrogen-bond donors (Lipinski definition) is 0. The van der Waals surface area contributed by atoms with Gasteiger partial charge in [-0.2, -0.15) is 0 Å². The quantitative estimate of drug-likeness (QED) is 0.518. The number of halogens is 2. The molecule has 0 bridgehead atoms. The van der Waals surface area contributed by atoms with Gasteiger partial charge < -0.3 is 0 Å². The molecule has 0 N–H and O–H groups in total. The first-order valence-electron chi connectivity index (χ1n) is 8.12. The summed E-state index contributed by atoms with van der Waals surface area (Å²) in [7, 11) is 0. The molecule has 4 rings (SSSR count). The second-order valence-corrected chi connectivity index (χ2v) is 6.36. The highest BCUT2D eigenvalue weighted by atomic mass is 35.5. The minimum Gasteiger partial charge on any atom is -0.288 e. The van der Waals surface area contributed by atoms with E-state index in [2.05, 4.69) is 4.98 Å². The Morgan fingerprint density at radius 2 is 1.62 bits per heavy atom. The SMILES string of the molecule is O=c1c2ccccc2nc(-c2ccccc2Cl)n1Cc1ccc(F)cc1. The van der Waals surface area contributed by atoms with E-state index in [0.717, 1.165) is 5.56 Å². The van der Waals surface area contributed by atoms with Gasteiger partial charge in [-0.1, -0.05) is 48.0 Å². The summed E-state index contributed by atoms with van der Waals surface area (Å²) in [6.45, 7) is 0.275. The Kier molecular flexibility index (Phi) is 4.27. The van der Waals surface area contributed by atoms with Crippen molar-refractivity contribution >= 4 is 22.5 Å². The molecule has 0 amide bonds. The fourth-order valence-corrected chi connectivity index (χ4v) is 3.16. The highest BCUT2D eigenvalue weighted by Crippen LogP contribution is 2.27. The van der Waals surface area contributed by atoms with E-state index in [1.807, 2.05) is 30.3 Å². The molecule has 5 heteroatoms. The molecule has 3 nitrogen and oxygen atoms in total. The van der Waals surface area contributed by atoms with Gasteiger partial charge in [0, 0.05) is 5.56 Å². The normalized spacial score (nSPS) is 11.0. The van der Waals surface area contributed by atoms with Gasteiger partial charge in [0.1, 0.15) is 11.6 Å². The van der Waals surface area contributed by atoms with Gasteiger partial charge in [-0.3, -0.25) is 9.36 Å². The molecule has 0 aliphatic carbocycles. The molecule has 1 heterocycles. The molecule has 0 aliphatic rings. The molecule has 0 radical (unpaired) electrons. The van der Waals surface area contributed by atoms with E-state index in [9.17, 15) is 9.18 Å². The molecule has 128 valence electrons. The maximum Gasteiger partial charge on any atom is 0.261 e. The van der Waals surface area contributed by atoms with Crippen molar-refractivity contribution in [1.29, 1.82) is 0 Å². The average molecular weight is 365 g/mol. The van der Waals surface area contributed by atoms with E-state index in [1.54, 1.807) is 34.9 Å². The lowest BCUT2D eigenvalue weighted by Crippen LogP contribution is -2.24. The summed E-state index contributed by atoms with van der Waals surface area (Å²) in [6.07, 6.45) is 0. The average Bonchev–Trinajstić information content (AvgIpc) is 2.66. The summed E-state index contributed by atoms with van der Waals surface area (Å²) in [5.74, 6) is 0.174. The van der Waals surface area contributed by atoms with Crippen molar-refractivity contribution in [3.63, 3.8) is 0 Å². The van der Waals surface area contributed by atoms with Crippen molar-refractivity contribution in [2.45, 2.75) is 6.54 Å². The van der Waals surface area contributed by atoms with Crippen LogP contribution in [0.1, 0.15) is 5.56 Å². The van der Waals surface area contributed by atoms with Gasteiger partial charge in [-0.25, -0.2) is 9.37 Å². The Bertz CT molecular complexity index is 1150. The fraction of sp³-hybridized carbons (Fsp3) is 0.0476. The molecule has 0 unspecified atom stereocenters. The first-order chi connectivity index (χ1) is 12.6. The molecular weight excluding hydrogens is 351 g/mol. The predicted octanol–water partition coefficient (Wildman–Crippen LogP) is 4.90. The molecular formula is C21H14ClFN2O. The van der Waals surface area contributed by atoms with Gasteiger partial charge in [0.05, 0.1) is 22.5 Å². The van der Waals surface area contributed by atoms with Gasteiger partial charge >= 0.3 is 0 Å². The zero-order chi connectivity index (χ0) is 18.1. The van der Waals surface area contributed by atoms with Gasteiger partial charge in [-0.15, -0.1) is 0 Å². The maximum atomic E-state index is 13.2. The van der Waals surface area contributed by atoms with Crippen LogP contribution in [0, 0.1) is 5.82 Å². The summed E-state index contributed by atoms with van der Waals surface area (Å²) < 4.78 is 14.8. The van der Waals surface area contributed by atoms with Crippen molar-refractivity contribution in [3.05, 3.63) is 99.6 Å². The third-order valence-corrected chi connectivity index (χ3v) is 4.56. The molecule has 0 saturated carbocycles. The number of nitrogens with zero attached hydrogens (tertiary/aromatic N) is 2. The van der Waals surface area contributed by atoms with E-state index >= 15 is 0 Å². The highest BCUT2D eigenvalue weighted by molar-refractivity contribution is 6.33. The van der Waals surface area contributed by atoms with E-state index in [1.165, 1.54) is 12.1 Å². The van der Waals surface area contributed by atoms with Gasteiger partial charge in [0.2, 0.25) is 0 Å². The summed E-state index contributed by atoms with van der Waals surface area (Å²) >= 11 is 6.35.